The maximum atomic E-state index is 12.1. The van der Waals surface area contributed by atoms with Crippen molar-refractivity contribution in [3.8, 4) is 0 Å². The summed E-state index contributed by atoms with van der Waals surface area (Å²) in [5.41, 5.74) is 42.2. The second kappa shape index (κ2) is 25.5. The van der Waals surface area contributed by atoms with Gasteiger partial charge in [-0.1, -0.05) is 176 Å². The molecule has 4 unspecified atom stereocenters. The van der Waals surface area contributed by atoms with Crippen LogP contribution < -0.4 is 34.0 Å². The van der Waals surface area contributed by atoms with Gasteiger partial charge in [0.2, 0.25) is 0 Å². The molecule has 7 aromatic rings. The van der Waals surface area contributed by atoms with Crippen LogP contribution in [-0.4, -0.2) is 43.0 Å². The molecule has 392 valence electrons. The smallest absolute Gasteiger partial charge is 0.176 e. The van der Waals surface area contributed by atoms with E-state index in [2.05, 4.69) is 5.32 Å². The van der Waals surface area contributed by atoms with Crippen molar-refractivity contribution in [3.05, 3.63) is 248 Å². The van der Waals surface area contributed by atoms with Crippen LogP contribution in [0.2, 0.25) is 0 Å². The van der Waals surface area contributed by atoms with Crippen LogP contribution in [0, 0.1) is 0 Å². The average molecular weight is 1010 g/mol. The van der Waals surface area contributed by atoms with E-state index in [9.17, 15) is 35.4 Å². The molecule has 6 aliphatic rings. The van der Waals surface area contributed by atoms with E-state index in [4.69, 9.17) is 28.7 Å². The van der Waals surface area contributed by atoms with Gasteiger partial charge >= 0.3 is 0 Å². The highest BCUT2D eigenvalue weighted by atomic mass is 16.3. The molecule has 17 N–H and O–H groups in total. The number of hydrogen-bond donors (Lipinski definition) is 12. The van der Waals surface area contributed by atoms with E-state index in [1.54, 1.807) is 0 Å². The summed E-state index contributed by atoms with van der Waals surface area (Å²) in [5.74, 6) is 0.0736. The average Bonchev–Trinajstić information content (AvgIpc) is 4.25. The molecule has 12 atom stereocenters. The Hall–Kier alpha value is -6.27. The molecule has 0 radical (unpaired) electrons. The van der Waals surface area contributed by atoms with Gasteiger partial charge in [-0.2, -0.15) is 0 Å². The number of Topliss-reactive ketones (excluding diaryl/α,β-unsaturated/α-hetero) is 1. The molecule has 7 aromatic carbocycles. The second-order valence-corrected chi connectivity index (χ2v) is 20.0. The number of carbonyl (C=O) groups is 1. The predicted octanol–water partition coefficient (Wildman–Crippen LogP) is 8.25. The third kappa shape index (κ3) is 13.2. The Kier molecular flexibility index (Phi) is 18.7. The quantitative estimate of drug-likeness (QED) is 0.0741. The fourth-order valence-electron chi connectivity index (χ4n) is 11.0. The van der Waals surface area contributed by atoms with Crippen LogP contribution in [0.4, 0.5) is 0 Å². The molecule has 6 aliphatic carbocycles. The van der Waals surface area contributed by atoms with Crippen LogP contribution in [0.1, 0.15) is 189 Å². The first-order chi connectivity index (χ1) is 36.2. The van der Waals surface area contributed by atoms with Gasteiger partial charge in [0.15, 0.2) is 5.78 Å². The molecule has 0 fully saturated rings. The van der Waals surface area contributed by atoms with Crippen LogP contribution in [-0.2, 0) is 0 Å². The zero-order chi connectivity index (χ0) is 53.2. The summed E-state index contributed by atoms with van der Waals surface area (Å²) in [6.45, 7) is 0.287. The Balaban J connectivity index is 0.000000122. The molecule has 0 spiro atoms. The highest BCUT2D eigenvalue weighted by molar-refractivity contribution is 5.97. The van der Waals surface area contributed by atoms with Gasteiger partial charge in [-0.25, -0.2) is 0 Å². The van der Waals surface area contributed by atoms with E-state index in [-0.39, 0.29) is 79.1 Å². The molecule has 0 saturated carbocycles. The number of aliphatic hydroxyl groups is 6. The van der Waals surface area contributed by atoms with Crippen molar-refractivity contribution in [2.24, 2.45) is 28.7 Å². The number of carbonyl (C=O) groups excluding carboxylic acids is 1. The third-order valence-corrected chi connectivity index (χ3v) is 15.0. The molecule has 13 nitrogen and oxygen atoms in total. The van der Waals surface area contributed by atoms with Crippen molar-refractivity contribution >= 4 is 5.78 Å². The van der Waals surface area contributed by atoms with E-state index in [0.29, 0.717) is 44.1 Å². The highest BCUT2D eigenvalue weighted by Crippen LogP contribution is 2.41. The van der Waals surface area contributed by atoms with Crippen LogP contribution in [0.5, 0.6) is 0 Å². The Bertz CT molecular complexity index is 2510. The number of rotatable bonds is 4. The minimum atomic E-state index is -0.435. The molecule has 0 heterocycles. The lowest BCUT2D eigenvalue weighted by Gasteiger charge is -2.13. The van der Waals surface area contributed by atoms with E-state index >= 15 is 0 Å². The summed E-state index contributed by atoms with van der Waals surface area (Å²) in [4.78, 5) is 12.1. The normalized spacial score (nSPS) is 26.4. The third-order valence-electron chi connectivity index (χ3n) is 15.0. The number of fused-ring (bicyclic) bond motifs is 6. The summed E-state index contributed by atoms with van der Waals surface area (Å²) in [5, 5.41) is 60.6. The molecule has 0 aliphatic heterocycles. The maximum absolute atomic E-state index is 12.1. The van der Waals surface area contributed by atoms with E-state index in [0.717, 1.165) is 66.8 Å². The SMILES string of the molecule is NC1CC(O)c2ccccc21.NC1CC(O)c2ccccc21.N[C@@H]1C[C@@H](O)c2ccccc21.N[C@H]1C[C@@H](O)c2ccccc21.N[C@H]1C[C@H](O)c2ccccc21.O=C(CN[C@@H]1C[C@H](O)c2ccccc21)c1ccccc1. The summed E-state index contributed by atoms with van der Waals surface area (Å²) in [6.07, 6.45) is 1.79. The van der Waals surface area contributed by atoms with Gasteiger partial charge in [-0.15, -0.1) is 0 Å². The Morgan fingerprint density at radius 1 is 0.320 bits per heavy atom. The zero-order valence-electron chi connectivity index (χ0n) is 42.1. The van der Waals surface area contributed by atoms with Gasteiger partial charge in [0.25, 0.3) is 0 Å². The minimum Gasteiger partial charge on any atom is -0.388 e. The zero-order valence-corrected chi connectivity index (χ0v) is 42.1. The van der Waals surface area contributed by atoms with Gasteiger partial charge in [0.1, 0.15) is 0 Å². The molecule has 0 bridgehead atoms. The standard InChI is InChI=1S/C17H17NO2.5C9H11NO/c19-16-10-15(13-8-4-5-9-14(13)16)18-11-17(20)12-6-2-1-3-7-12;5*10-8-5-9(11)7-4-2-1-3-6(7)8/h1-9,15-16,18-19H,10-11H2;5*1-4,8-9,11H,5,10H2/t15-,16+;8-,9+;2*8-,9-;;/m1010../s1. The summed E-state index contributed by atoms with van der Waals surface area (Å²) < 4.78 is 0. The van der Waals surface area contributed by atoms with E-state index < -0.39 is 6.10 Å². The second-order valence-electron chi connectivity index (χ2n) is 20.0. The molecule has 0 saturated heterocycles. The molecular formula is C62H72N6O7. The maximum Gasteiger partial charge on any atom is 0.176 e. The summed E-state index contributed by atoms with van der Waals surface area (Å²) in [6, 6.07) is 56.3. The minimum absolute atomic E-state index is 0.0289. The van der Waals surface area contributed by atoms with E-state index in [1.165, 1.54) is 0 Å². The summed E-state index contributed by atoms with van der Waals surface area (Å²) in [7, 11) is 0. The molecule has 0 aromatic heterocycles. The fourth-order valence-corrected chi connectivity index (χ4v) is 11.0. The van der Waals surface area contributed by atoms with Crippen molar-refractivity contribution in [3.63, 3.8) is 0 Å². The van der Waals surface area contributed by atoms with Crippen LogP contribution >= 0.6 is 0 Å². The van der Waals surface area contributed by atoms with Gasteiger partial charge in [-0.05, 0) is 105 Å². The highest BCUT2D eigenvalue weighted by Gasteiger charge is 2.31. The molecule has 13 rings (SSSR count). The number of aliphatic hydroxyl groups excluding tert-OH is 6. The van der Waals surface area contributed by atoms with Crippen LogP contribution in [0.25, 0.3) is 0 Å². The molecule has 13 heteroatoms. The van der Waals surface area contributed by atoms with Gasteiger partial charge in [0.05, 0.1) is 43.2 Å². The Labute approximate surface area is 439 Å². The first kappa shape index (κ1) is 55.0. The van der Waals surface area contributed by atoms with Crippen LogP contribution in [0.15, 0.2) is 176 Å². The largest absolute Gasteiger partial charge is 0.388 e. The first-order valence-corrected chi connectivity index (χ1v) is 25.9. The number of nitrogens with one attached hydrogen (secondary N) is 1. The number of nitrogens with two attached hydrogens (primary N) is 5. The Morgan fingerprint density at radius 2 is 0.533 bits per heavy atom. The lowest BCUT2D eigenvalue weighted by molar-refractivity contribution is 0.0982. The fraction of sp³-hybridized carbons (Fsp3) is 0.306. The summed E-state index contributed by atoms with van der Waals surface area (Å²) >= 11 is 0. The van der Waals surface area contributed by atoms with Crippen molar-refractivity contribution in [2.45, 2.75) is 111 Å². The van der Waals surface area contributed by atoms with E-state index in [1.807, 2.05) is 176 Å². The van der Waals surface area contributed by atoms with Gasteiger partial charge in [0, 0.05) is 41.8 Å². The van der Waals surface area contributed by atoms with Crippen molar-refractivity contribution in [2.75, 3.05) is 6.54 Å². The van der Waals surface area contributed by atoms with Crippen LogP contribution in [0.3, 0.4) is 0 Å². The monoisotopic (exact) mass is 1010 g/mol. The molecule has 75 heavy (non-hydrogen) atoms. The lowest BCUT2D eigenvalue weighted by Crippen LogP contribution is -2.26. The van der Waals surface area contributed by atoms with Gasteiger partial charge < -0.3 is 64.6 Å². The predicted molar refractivity (Wildman–Crippen MR) is 292 cm³/mol. The van der Waals surface area contributed by atoms with Crippen molar-refractivity contribution in [1.29, 1.82) is 0 Å². The molecular weight excluding hydrogens is 941 g/mol. The number of hydrogen-bond acceptors (Lipinski definition) is 13. The topological polar surface area (TPSA) is 281 Å². The van der Waals surface area contributed by atoms with Gasteiger partial charge in [-0.3, -0.25) is 4.79 Å². The molecule has 0 amide bonds. The Morgan fingerprint density at radius 3 is 0.800 bits per heavy atom. The number of benzene rings is 7. The number of ketones is 1. The van der Waals surface area contributed by atoms with Crippen molar-refractivity contribution in [1.82, 2.24) is 5.32 Å². The first-order valence-electron chi connectivity index (χ1n) is 25.9. The van der Waals surface area contributed by atoms with Crippen molar-refractivity contribution < 1.29 is 35.4 Å². The lowest BCUT2D eigenvalue weighted by atomic mass is 10.1.